The third kappa shape index (κ3) is 5.17. The first-order valence-electron chi connectivity index (χ1n) is 6.19. The molecule has 1 saturated carbocycles. The van der Waals surface area contributed by atoms with Crippen molar-refractivity contribution in [2.45, 2.75) is 70.4 Å². The lowest BCUT2D eigenvalue weighted by atomic mass is 9.93. The number of amides is 1. The van der Waals surface area contributed by atoms with Crippen molar-refractivity contribution < 1.29 is 9.90 Å². The van der Waals surface area contributed by atoms with Crippen LogP contribution in [0.4, 0.5) is 0 Å². The van der Waals surface area contributed by atoms with Gasteiger partial charge in [-0.15, -0.1) is 0 Å². The van der Waals surface area contributed by atoms with Gasteiger partial charge >= 0.3 is 0 Å². The summed E-state index contributed by atoms with van der Waals surface area (Å²) < 4.78 is 0. The molecule has 3 heteroatoms. The largest absolute Gasteiger partial charge is 0.393 e. The highest BCUT2D eigenvalue weighted by molar-refractivity contribution is 5.76. The molecule has 0 saturated heterocycles. The zero-order chi connectivity index (χ0) is 11.1. The molecule has 3 nitrogen and oxygen atoms in total. The first-order chi connectivity index (χ1) is 7.22. The van der Waals surface area contributed by atoms with Gasteiger partial charge in [0, 0.05) is 12.5 Å². The van der Waals surface area contributed by atoms with Gasteiger partial charge < -0.3 is 10.4 Å². The Morgan fingerprint density at radius 1 is 1.27 bits per heavy atom. The monoisotopic (exact) mass is 213 g/mol. The Labute approximate surface area is 92.3 Å². The fourth-order valence-electron chi connectivity index (χ4n) is 2.06. The molecule has 0 aromatic carbocycles. The lowest BCUT2D eigenvalue weighted by Gasteiger charge is -2.26. The lowest BCUT2D eigenvalue weighted by Crippen LogP contribution is -2.38. The van der Waals surface area contributed by atoms with E-state index in [1.807, 2.05) is 0 Å². The van der Waals surface area contributed by atoms with Crippen molar-refractivity contribution in [2.75, 3.05) is 0 Å². The molecule has 0 aromatic heterocycles. The second-order valence-electron chi connectivity index (χ2n) is 4.53. The second kappa shape index (κ2) is 6.83. The quantitative estimate of drug-likeness (QED) is 0.686. The molecule has 88 valence electrons. The molecule has 1 aliphatic carbocycles. The molecule has 0 heterocycles. The molecule has 0 atom stereocenters. The van der Waals surface area contributed by atoms with Crippen molar-refractivity contribution >= 4 is 5.91 Å². The molecular weight excluding hydrogens is 190 g/mol. The summed E-state index contributed by atoms with van der Waals surface area (Å²) in [5, 5.41) is 12.4. The van der Waals surface area contributed by atoms with Gasteiger partial charge in [-0.3, -0.25) is 4.79 Å². The minimum atomic E-state index is -0.141. The van der Waals surface area contributed by atoms with Crippen molar-refractivity contribution in [1.29, 1.82) is 0 Å². The molecule has 1 aliphatic rings. The van der Waals surface area contributed by atoms with E-state index in [0.717, 1.165) is 44.9 Å². The van der Waals surface area contributed by atoms with Crippen molar-refractivity contribution in [3.8, 4) is 0 Å². The van der Waals surface area contributed by atoms with E-state index in [1.165, 1.54) is 0 Å². The smallest absolute Gasteiger partial charge is 0.220 e. The van der Waals surface area contributed by atoms with Crippen molar-refractivity contribution in [2.24, 2.45) is 0 Å². The fraction of sp³-hybridized carbons (Fsp3) is 0.917. The van der Waals surface area contributed by atoms with Crippen LogP contribution in [0.1, 0.15) is 58.3 Å². The minimum Gasteiger partial charge on any atom is -0.393 e. The zero-order valence-electron chi connectivity index (χ0n) is 9.67. The van der Waals surface area contributed by atoms with Crippen LogP contribution in [0.15, 0.2) is 0 Å². The third-order valence-corrected chi connectivity index (χ3v) is 3.07. The lowest BCUT2D eigenvalue weighted by molar-refractivity contribution is -0.122. The van der Waals surface area contributed by atoms with E-state index in [2.05, 4.69) is 12.2 Å². The standard InChI is InChI=1S/C12H23NO2/c1-2-3-4-5-12(15)13-10-6-8-11(14)9-7-10/h10-11,14H,2-9H2,1H3,(H,13,15)/t10-,11-. The van der Waals surface area contributed by atoms with E-state index in [4.69, 9.17) is 0 Å². The fourth-order valence-corrected chi connectivity index (χ4v) is 2.06. The summed E-state index contributed by atoms with van der Waals surface area (Å²) in [6.07, 6.45) is 7.34. The molecule has 0 bridgehead atoms. The van der Waals surface area contributed by atoms with E-state index in [0.29, 0.717) is 12.5 Å². The molecule has 1 amide bonds. The van der Waals surface area contributed by atoms with Gasteiger partial charge in [0.25, 0.3) is 0 Å². The molecule has 0 aliphatic heterocycles. The molecule has 0 radical (unpaired) electrons. The van der Waals surface area contributed by atoms with Gasteiger partial charge in [0.05, 0.1) is 6.10 Å². The van der Waals surface area contributed by atoms with Gasteiger partial charge in [-0.05, 0) is 32.1 Å². The van der Waals surface area contributed by atoms with Gasteiger partial charge in [-0.2, -0.15) is 0 Å². The van der Waals surface area contributed by atoms with E-state index in [1.54, 1.807) is 0 Å². The van der Waals surface area contributed by atoms with Gasteiger partial charge in [0.2, 0.25) is 5.91 Å². The average Bonchev–Trinajstić information content (AvgIpc) is 2.22. The topological polar surface area (TPSA) is 49.3 Å². The summed E-state index contributed by atoms with van der Waals surface area (Å²) in [6, 6.07) is 0.308. The minimum absolute atomic E-state index is 0.141. The van der Waals surface area contributed by atoms with Crippen LogP contribution in [-0.4, -0.2) is 23.2 Å². The predicted molar refractivity (Wildman–Crippen MR) is 60.5 cm³/mol. The molecule has 0 spiro atoms. The second-order valence-corrected chi connectivity index (χ2v) is 4.53. The molecule has 0 aromatic rings. The Morgan fingerprint density at radius 2 is 1.93 bits per heavy atom. The van der Waals surface area contributed by atoms with E-state index < -0.39 is 0 Å². The Hall–Kier alpha value is -0.570. The van der Waals surface area contributed by atoms with Crippen molar-refractivity contribution in [3.63, 3.8) is 0 Å². The number of unbranched alkanes of at least 4 members (excludes halogenated alkanes) is 2. The number of aliphatic hydroxyl groups is 1. The third-order valence-electron chi connectivity index (χ3n) is 3.07. The Morgan fingerprint density at radius 3 is 2.53 bits per heavy atom. The number of carbonyl (C=O) groups excluding carboxylic acids is 1. The maximum Gasteiger partial charge on any atom is 0.220 e. The molecular formula is C12H23NO2. The van der Waals surface area contributed by atoms with Crippen LogP contribution in [-0.2, 0) is 4.79 Å². The average molecular weight is 213 g/mol. The summed E-state index contributed by atoms with van der Waals surface area (Å²) >= 11 is 0. The first kappa shape index (κ1) is 12.5. The number of hydrogen-bond acceptors (Lipinski definition) is 2. The van der Waals surface area contributed by atoms with Gasteiger partial charge in [-0.1, -0.05) is 19.8 Å². The summed E-state index contributed by atoms with van der Waals surface area (Å²) in [6.45, 7) is 2.14. The van der Waals surface area contributed by atoms with Crippen LogP contribution >= 0.6 is 0 Å². The van der Waals surface area contributed by atoms with Crippen molar-refractivity contribution in [3.05, 3.63) is 0 Å². The first-order valence-corrected chi connectivity index (χ1v) is 6.19. The molecule has 0 unspecified atom stereocenters. The SMILES string of the molecule is CCCCCC(=O)N[C@H]1CC[C@H](O)CC1. The summed E-state index contributed by atoms with van der Waals surface area (Å²) in [4.78, 5) is 11.5. The maximum absolute atomic E-state index is 11.5. The molecule has 2 N–H and O–H groups in total. The highest BCUT2D eigenvalue weighted by Gasteiger charge is 2.20. The van der Waals surface area contributed by atoms with E-state index >= 15 is 0 Å². The van der Waals surface area contributed by atoms with Crippen LogP contribution in [0.3, 0.4) is 0 Å². The maximum atomic E-state index is 11.5. The number of rotatable bonds is 5. The Bertz CT molecular complexity index is 186. The van der Waals surface area contributed by atoms with Gasteiger partial charge in [0.1, 0.15) is 0 Å². The number of aliphatic hydroxyl groups excluding tert-OH is 1. The van der Waals surface area contributed by atoms with Crippen LogP contribution in [0.2, 0.25) is 0 Å². The highest BCUT2D eigenvalue weighted by Crippen LogP contribution is 2.18. The van der Waals surface area contributed by atoms with Crippen molar-refractivity contribution in [1.82, 2.24) is 5.32 Å². The van der Waals surface area contributed by atoms with E-state index in [-0.39, 0.29) is 12.0 Å². The summed E-state index contributed by atoms with van der Waals surface area (Å²) in [5.74, 6) is 0.185. The van der Waals surface area contributed by atoms with Crippen LogP contribution in [0, 0.1) is 0 Å². The molecule has 1 fully saturated rings. The normalized spacial score (nSPS) is 26.3. The Balaban J connectivity index is 2.09. The van der Waals surface area contributed by atoms with Crippen LogP contribution in [0.25, 0.3) is 0 Å². The molecule has 1 rings (SSSR count). The van der Waals surface area contributed by atoms with Gasteiger partial charge in [0.15, 0.2) is 0 Å². The zero-order valence-corrected chi connectivity index (χ0v) is 9.67. The summed E-state index contributed by atoms with van der Waals surface area (Å²) in [7, 11) is 0. The van der Waals surface area contributed by atoms with Gasteiger partial charge in [-0.25, -0.2) is 0 Å². The molecule has 15 heavy (non-hydrogen) atoms. The Kier molecular flexibility index (Phi) is 5.69. The predicted octanol–water partition coefficient (Wildman–Crippen LogP) is 1.99. The number of nitrogens with one attached hydrogen (secondary N) is 1. The highest BCUT2D eigenvalue weighted by atomic mass is 16.3. The summed E-state index contributed by atoms with van der Waals surface area (Å²) in [5.41, 5.74) is 0. The van der Waals surface area contributed by atoms with E-state index in [9.17, 15) is 9.90 Å². The van der Waals surface area contributed by atoms with Crippen LogP contribution in [0.5, 0.6) is 0 Å². The number of hydrogen-bond donors (Lipinski definition) is 2. The number of carbonyl (C=O) groups is 1. The van der Waals surface area contributed by atoms with Crippen LogP contribution < -0.4 is 5.32 Å².